The van der Waals surface area contributed by atoms with E-state index in [0.717, 1.165) is 27.1 Å². The number of aromatic hydroxyl groups is 1. The minimum Gasteiger partial charge on any atom is -0.507 e. The molecular weight excluding hydrogens is 396 g/mol. The van der Waals surface area contributed by atoms with E-state index in [4.69, 9.17) is 14.3 Å². The first-order chi connectivity index (χ1) is 12.7. The Balaban J connectivity index is 1.62. The molecule has 0 aliphatic carbocycles. The molecule has 1 aromatic heterocycles. The van der Waals surface area contributed by atoms with Crippen molar-refractivity contribution < 1.29 is 14.3 Å². The summed E-state index contributed by atoms with van der Waals surface area (Å²) in [5, 5.41) is 17.0. The number of fused-ring (bicyclic) bond motifs is 3. The van der Waals surface area contributed by atoms with Gasteiger partial charge in [-0.3, -0.25) is 0 Å². The lowest BCUT2D eigenvalue weighted by atomic mass is 9.96. The summed E-state index contributed by atoms with van der Waals surface area (Å²) in [4.78, 5) is 0. The van der Waals surface area contributed by atoms with Crippen LogP contribution in [0.15, 0.2) is 74.9 Å². The summed E-state index contributed by atoms with van der Waals surface area (Å²) in [6, 6.07) is 17.0. The summed E-state index contributed by atoms with van der Waals surface area (Å²) in [6.07, 6.45) is 1.88. The average molecular weight is 411 g/mol. The van der Waals surface area contributed by atoms with Crippen molar-refractivity contribution in [2.45, 2.75) is 18.7 Å². The molecule has 0 spiro atoms. The van der Waals surface area contributed by atoms with Crippen LogP contribution in [0.1, 0.15) is 35.6 Å². The zero-order valence-corrected chi connectivity index (χ0v) is 15.3. The Bertz CT molecular complexity index is 1000. The van der Waals surface area contributed by atoms with Gasteiger partial charge in [0.1, 0.15) is 11.5 Å². The molecule has 2 aliphatic heterocycles. The van der Waals surface area contributed by atoms with Gasteiger partial charge in [-0.1, -0.05) is 28.1 Å². The fourth-order valence-corrected chi connectivity index (χ4v) is 3.94. The maximum atomic E-state index is 10.2. The summed E-state index contributed by atoms with van der Waals surface area (Å²) in [7, 11) is 0. The molecule has 0 fully saturated rings. The second-order valence-electron chi connectivity index (χ2n) is 6.33. The monoisotopic (exact) mass is 410 g/mol. The minimum absolute atomic E-state index is 0.0148. The van der Waals surface area contributed by atoms with Crippen molar-refractivity contribution in [1.29, 1.82) is 0 Å². The molecule has 5 nitrogen and oxygen atoms in total. The predicted octanol–water partition coefficient (Wildman–Crippen LogP) is 4.99. The van der Waals surface area contributed by atoms with E-state index in [1.54, 1.807) is 12.3 Å². The lowest BCUT2D eigenvalue weighted by Crippen LogP contribution is -2.33. The van der Waals surface area contributed by atoms with Crippen molar-refractivity contribution in [1.82, 2.24) is 5.01 Å². The third kappa shape index (κ3) is 2.41. The number of benzene rings is 2. The largest absolute Gasteiger partial charge is 0.507 e. The third-order valence-corrected chi connectivity index (χ3v) is 5.25. The first-order valence-electron chi connectivity index (χ1n) is 8.34. The summed E-state index contributed by atoms with van der Waals surface area (Å²) >= 11 is 3.54. The number of phenolic OH excluding ortho intramolecular Hbond substituents is 1. The lowest BCUT2D eigenvalue weighted by molar-refractivity contribution is -0.0325. The number of rotatable bonds is 2. The molecule has 2 aromatic carbocycles. The molecule has 0 unspecified atom stereocenters. The predicted molar refractivity (Wildman–Crippen MR) is 100 cm³/mol. The fraction of sp³-hybridized carbons (Fsp3) is 0.150. The smallest absolute Gasteiger partial charge is 0.246 e. The van der Waals surface area contributed by atoms with Crippen LogP contribution in [0.4, 0.5) is 0 Å². The topological polar surface area (TPSA) is 58.2 Å². The summed E-state index contributed by atoms with van der Waals surface area (Å²) in [6.45, 7) is 0. The molecule has 2 aliphatic rings. The van der Waals surface area contributed by atoms with Crippen LogP contribution in [-0.2, 0) is 0 Å². The van der Waals surface area contributed by atoms with E-state index < -0.39 is 6.23 Å². The van der Waals surface area contributed by atoms with E-state index >= 15 is 0 Å². The highest BCUT2D eigenvalue weighted by Gasteiger charge is 2.42. The van der Waals surface area contributed by atoms with E-state index in [0.29, 0.717) is 12.2 Å². The Morgan fingerprint density at radius 3 is 2.81 bits per heavy atom. The number of hydrogen-bond acceptors (Lipinski definition) is 5. The number of furan rings is 1. The molecule has 2 atom stereocenters. The lowest BCUT2D eigenvalue weighted by Gasteiger charge is -2.37. The van der Waals surface area contributed by atoms with Crippen molar-refractivity contribution >= 4 is 21.6 Å². The molecule has 0 radical (unpaired) electrons. The van der Waals surface area contributed by atoms with Gasteiger partial charge < -0.3 is 14.3 Å². The van der Waals surface area contributed by atoms with Gasteiger partial charge in [0.2, 0.25) is 6.23 Å². The van der Waals surface area contributed by atoms with Gasteiger partial charge in [0.15, 0.2) is 5.76 Å². The number of phenols is 1. The summed E-state index contributed by atoms with van der Waals surface area (Å²) in [5.74, 6) is 1.76. The van der Waals surface area contributed by atoms with Crippen LogP contribution in [0.25, 0.3) is 0 Å². The van der Waals surface area contributed by atoms with Crippen LogP contribution in [0.5, 0.6) is 11.5 Å². The average Bonchev–Trinajstić information content (AvgIpc) is 3.32. The molecule has 0 bridgehead atoms. The highest BCUT2D eigenvalue weighted by Crippen LogP contribution is 2.48. The SMILES string of the molecule is Oc1ccccc1C1=NN2[C@@H](c3ccco3)Oc3ccc(Br)cc3[C@@H]2C1. The molecule has 0 saturated carbocycles. The fourth-order valence-electron chi connectivity index (χ4n) is 3.56. The van der Waals surface area contributed by atoms with Gasteiger partial charge in [0.05, 0.1) is 18.0 Å². The van der Waals surface area contributed by atoms with Gasteiger partial charge in [-0.25, -0.2) is 5.01 Å². The number of hydrogen-bond donors (Lipinski definition) is 1. The minimum atomic E-state index is -0.438. The molecule has 26 heavy (non-hydrogen) atoms. The van der Waals surface area contributed by atoms with Gasteiger partial charge >= 0.3 is 0 Å². The van der Waals surface area contributed by atoms with Crippen LogP contribution >= 0.6 is 15.9 Å². The van der Waals surface area contributed by atoms with Gasteiger partial charge in [0, 0.05) is 22.0 Å². The number of ether oxygens (including phenoxy) is 1. The van der Waals surface area contributed by atoms with Gasteiger partial charge in [0.25, 0.3) is 0 Å². The Morgan fingerprint density at radius 1 is 1.12 bits per heavy atom. The molecule has 0 amide bonds. The number of halogens is 1. The third-order valence-electron chi connectivity index (χ3n) is 4.75. The number of nitrogens with zero attached hydrogens (tertiary/aromatic N) is 2. The second kappa shape index (κ2) is 5.92. The highest BCUT2D eigenvalue weighted by atomic mass is 79.9. The molecular formula is C20H15BrN2O3. The quantitative estimate of drug-likeness (QED) is 0.646. The van der Waals surface area contributed by atoms with Crippen molar-refractivity contribution in [3.63, 3.8) is 0 Å². The molecule has 3 aromatic rings. The highest BCUT2D eigenvalue weighted by molar-refractivity contribution is 9.10. The van der Waals surface area contributed by atoms with Crippen molar-refractivity contribution in [3.8, 4) is 11.5 Å². The van der Waals surface area contributed by atoms with Crippen molar-refractivity contribution in [2.75, 3.05) is 0 Å². The molecule has 1 N–H and O–H groups in total. The van der Waals surface area contributed by atoms with E-state index in [-0.39, 0.29) is 11.8 Å². The van der Waals surface area contributed by atoms with E-state index in [2.05, 4.69) is 22.0 Å². The van der Waals surface area contributed by atoms with E-state index in [1.165, 1.54) is 0 Å². The zero-order valence-electron chi connectivity index (χ0n) is 13.7. The van der Waals surface area contributed by atoms with Gasteiger partial charge in [-0.05, 0) is 42.5 Å². The Hall–Kier alpha value is -2.73. The van der Waals surface area contributed by atoms with Crippen LogP contribution in [0, 0.1) is 0 Å². The Kier molecular flexibility index (Phi) is 3.53. The summed E-state index contributed by atoms with van der Waals surface area (Å²) in [5.41, 5.74) is 2.65. The van der Waals surface area contributed by atoms with Crippen molar-refractivity contribution in [2.24, 2.45) is 5.10 Å². The number of para-hydroxylation sites is 1. The zero-order chi connectivity index (χ0) is 17.7. The van der Waals surface area contributed by atoms with E-state index in [1.807, 2.05) is 47.5 Å². The molecule has 6 heteroatoms. The Labute approximate surface area is 158 Å². The standard InChI is InChI=1S/C20H15BrN2O3/c21-12-7-8-18-14(10-12)16-11-15(13-4-1-2-5-17(13)24)22-23(16)20(26-18)19-6-3-9-25-19/h1-10,16,20,24H,11H2/t16-,20+/m0/s1. The first kappa shape index (κ1) is 15.5. The molecule has 3 heterocycles. The second-order valence-corrected chi connectivity index (χ2v) is 7.25. The summed E-state index contributed by atoms with van der Waals surface area (Å²) < 4.78 is 12.8. The van der Waals surface area contributed by atoms with Crippen LogP contribution < -0.4 is 4.74 Å². The number of hydrazone groups is 1. The maximum absolute atomic E-state index is 10.2. The first-order valence-corrected chi connectivity index (χ1v) is 9.14. The van der Waals surface area contributed by atoms with Crippen LogP contribution in [0.3, 0.4) is 0 Å². The molecule has 0 saturated heterocycles. The van der Waals surface area contributed by atoms with Crippen LogP contribution in [0.2, 0.25) is 0 Å². The van der Waals surface area contributed by atoms with Gasteiger partial charge in [-0.15, -0.1) is 0 Å². The van der Waals surface area contributed by atoms with Crippen molar-refractivity contribution in [3.05, 3.63) is 82.2 Å². The van der Waals surface area contributed by atoms with Crippen LogP contribution in [-0.4, -0.2) is 15.8 Å². The molecule has 130 valence electrons. The van der Waals surface area contributed by atoms with E-state index in [9.17, 15) is 5.11 Å². The normalized spacial score (nSPS) is 21.0. The maximum Gasteiger partial charge on any atom is 0.246 e. The van der Waals surface area contributed by atoms with Gasteiger partial charge in [-0.2, -0.15) is 5.10 Å². The Morgan fingerprint density at radius 2 is 2.00 bits per heavy atom. The molecule has 5 rings (SSSR count).